The number of non-ortho nitro benzene ring substituents is 1. The van der Waals surface area contributed by atoms with E-state index in [1.54, 1.807) is 6.07 Å². The van der Waals surface area contributed by atoms with Gasteiger partial charge in [-0.05, 0) is 45.1 Å². The average molecular weight is 394 g/mol. The highest BCUT2D eigenvalue weighted by Gasteiger charge is 2.39. The zero-order chi connectivity index (χ0) is 19.2. The molecule has 1 aromatic carbocycles. The predicted octanol–water partition coefficient (Wildman–Crippen LogP) is 2.42. The van der Waals surface area contributed by atoms with Crippen LogP contribution in [0.3, 0.4) is 0 Å². The molecule has 1 aliphatic carbocycles. The van der Waals surface area contributed by atoms with Gasteiger partial charge < -0.3 is 5.32 Å². The molecule has 3 fully saturated rings. The average Bonchev–Trinajstić information content (AvgIpc) is 3.16. The number of sulfonamides is 1. The van der Waals surface area contributed by atoms with Gasteiger partial charge in [-0.1, -0.05) is 0 Å². The van der Waals surface area contributed by atoms with Crippen LogP contribution in [-0.4, -0.2) is 60.3 Å². The van der Waals surface area contributed by atoms with Crippen LogP contribution in [-0.2, 0) is 10.0 Å². The number of nitrogens with zero attached hydrogens (tertiary/aromatic N) is 3. The van der Waals surface area contributed by atoms with Gasteiger partial charge in [0, 0.05) is 49.9 Å². The van der Waals surface area contributed by atoms with Gasteiger partial charge in [0.25, 0.3) is 5.69 Å². The number of nitro benzene ring substituents is 1. The van der Waals surface area contributed by atoms with Crippen LogP contribution in [0.5, 0.6) is 0 Å². The van der Waals surface area contributed by atoms with Crippen molar-refractivity contribution in [2.75, 3.05) is 25.0 Å². The van der Waals surface area contributed by atoms with E-state index in [2.05, 4.69) is 17.1 Å². The first-order valence-corrected chi connectivity index (χ1v) is 11.1. The van der Waals surface area contributed by atoms with Crippen molar-refractivity contribution in [3.63, 3.8) is 0 Å². The van der Waals surface area contributed by atoms with Crippen LogP contribution in [0.25, 0.3) is 0 Å². The highest BCUT2D eigenvalue weighted by atomic mass is 32.2. The van der Waals surface area contributed by atoms with Gasteiger partial charge in [-0.15, -0.1) is 0 Å². The molecule has 0 spiro atoms. The van der Waals surface area contributed by atoms with E-state index >= 15 is 0 Å². The lowest BCUT2D eigenvalue weighted by molar-refractivity contribution is -0.385. The standard InChI is InChI=1S/C18H26N4O4S/c1-13-10-14(12-21(13)15-4-5-15)19-17-7-6-16(22(23)24)11-18(17)27(25,26)20-8-2-3-9-20/h6-7,11,13-15,19H,2-5,8-10,12H2,1H3. The maximum atomic E-state index is 13.1. The molecule has 2 heterocycles. The molecule has 1 N–H and O–H groups in total. The smallest absolute Gasteiger partial charge is 0.270 e. The summed E-state index contributed by atoms with van der Waals surface area (Å²) in [7, 11) is -3.75. The van der Waals surface area contributed by atoms with E-state index in [9.17, 15) is 18.5 Å². The number of anilines is 1. The zero-order valence-electron chi connectivity index (χ0n) is 15.5. The zero-order valence-corrected chi connectivity index (χ0v) is 16.3. The van der Waals surface area contributed by atoms with Crippen molar-refractivity contribution >= 4 is 21.4 Å². The third-order valence-corrected chi connectivity index (χ3v) is 7.80. The summed E-state index contributed by atoms with van der Waals surface area (Å²) in [6.45, 7) is 4.03. The van der Waals surface area contributed by atoms with Crippen LogP contribution in [0.2, 0.25) is 0 Å². The molecule has 2 unspecified atom stereocenters. The summed E-state index contributed by atoms with van der Waals surface area (Å²) in [6, 6.07) is 5.40. The third kappa shape index (κ3) is 3.68. The van der Waals surface area contributed by atoms with Gasteiger partial charge in [0.2, 0.25) is 10.0 Å². The summed E-state index contributed by atoms with van der Waals surface area (Å²) in [4.78, 5) is 13.2. The molecule has 2 atom stereocenters. The Kier molecular flexibility index (Phi) is 4.85. The molecule has 8 nitrogen and oxygen atoms in total. The van der Waals surface area contributed by atoms with E-state index in [4.69, 9.17) is 0 Å². The monoisotopic (exact) mass is 394 g/mol. The summed E-state index contributed by atoms with van der Waals surface area (Å²) in [5.41, 5.74) is 0.278. The normalized spacial score (nSPS) is 27.1. The van der Waals surface area contributed by atoms with Crippen LogP contribution in [0, 0.1) is 10.1 Å². The lowest BCUT2D eigenvalue weighted by Gasteiger charge is -2.22. The van der Waals surface area contributed by atoms with Gasteiger partial charge in [-0.25, -0.2) is 8.42 Å². The van der Waals surface area contributed by atoms with Crippen LogP contribution in [0.4, 0.5) is 11.4 Å². The van der Waals surface area contributed by atoms with E-state index in [0.717, 1.165) is 25.8 Å². The summed E-state index contributed by atoms with van der Waals surface area (Å²) in [5.74, 6) is 0. The molecule has 0 amide bonds. The van der Waals surface area contributed by atoms with Gasteiger partial charge in [0.1, 0.15) is 4.90 Å². The maximum absolute atomic E-state index is 13.1. The molecule has 3 aliphatic rings. The minimum atomic E-state index is -3.75. The molecular weight excluding hydrogens is 368 g/mol. The summed E-state index contributed by atoms with van der Waals surface area (Å²) >= 11 is 0. The first-order valence-electron chi connectivity index (χ1n) is 9.67. The number of nitro groups is 1. The number of nitrogens with one attached hydrogen (secondary N) is 1. The molecule has 27 heavy (non-hydrogen) atoms. The molecule has 2 aliphatic heterocycles. The summed E-state index contributed by atoms with van der Waals surface area (Å²) < 4.78 is 27.6. The minimum Gasteiger partial charge on any atom is -0.380 e. The summed E-state index contributed by atoms with van der Waals surface area (Å²) in [5, 5.41) is 14.6. The van der Waals surface area contributed by atoms with E-state index in [0.29, 0.717) is 30.9 Å². The van der Waals surface area contributed by atoms with Crippen LogP contribution >= 0.6 is 0 Å². The van der Waals surface area contributed by atoms with Gasteiger partial charge in [-0.3, -0.25) is 15.0 Å². The molecular formula is C18H26N4O4S. The summed E-state index contributed by atoms with van der Waals surface area (Å²) in [6.07, 6.45) is 5.07. The Morgan fingerprint density at radius 1 is 1.22 bits per heavy atom. The predicted molar refractivity (Wildman–Crippen MR) is 102 cm³/mol. The van der Waals surface area contributed by atoms with Gasteiger partial charge in [0.15, 0.2) is 0 Å². The third-order valence-electron chi connectivity index (χ3n) is 5.86. The van der Waals surface area contributed by atoms with Crippen molar-refractivity contribution in [3.8, 4) is 0 Å². The van der Waals surface area contributed by atoms with E-state index < -0.39 is 14.9 Å². The SMILES string of the molecule is CC1CC(Nc2ccc([N+](=O)[O-])cc2S(=O)(=O)N2CCCC2)CN1C1CC1. The fraction of sp³-hybridized carbons (Fsp3) is 0.667. The fourth-order valence-electron chi connectivity index (χ4n) is 4.32. The van der Waals surface area contributed by atoms with E-state index in [1.165, 1.54) is 29.3 Å². The van der Waals surface area contributed by atoms with Crippen molar-refractivity contribution in [3.05, 3.63) is 28.3 Å². The molecule has 0 bridgehead atoms. The van der Waals surface area contributed by atoms with Crippen molar-refractivity contribution in [2.45, 2.75) is 62.0 Å². The largest absolute Gasteiger partial charge is 0.380 e. The van der Waals surface area contributed by atoms with Crippen molar-refractivity contribution in [1.82, 2.24) is 9.21 Å². The Bertz CT molecular complexity index is 834. The van der Waals surface area contributed by atoms with E-state index in [1.807, 2.05) is 0 Å². The molecule has 0 radical (unpaired) electrons. The highest BCUT2D eigenvalue weighted by Crippen LogP contribution is 2.36. The van der Waals surface area contributed by atoms with Gasteiger partial charge >= 0.3 is 0 Å². The Morgan fingerprint density at radius 3 is 2.56 bits per heavy atom. The Hall–Kier alpha value is -1.71. The molecule has 1 saturated carbocycles. The Morgan fingerprint density at radius 2 is 1.93 bits per heavy atom. The van der Waals surface area contributed by atoms with Crippen LogP contribution in [0.1, 0.15) is 39.0 Å². The van der Waals surface area contributed by atoms with Crippen LogP contribution < -0.4 is 5.32 Å². The number of hydrogen-bond donors (Lipinski definition) is 1. The second-order valence-corrected chi connectivity index (χ2v) is 9.81. The van der Waals surface area contributed by atoms with Crippen molar-refractivity contribution in [1.29, 1.82) is 0 Å². The quantitative estimate of drug-likeness (QED) is 0.588. The number of benzene rings is 1. The number of rotatable bonds is 6. The second-order valence-electron chi connectivity index (χ2n) is 7.90. The lowest BCUT2D eigenvalue weighted by atomic mass is 10.2. The van der Waals surface area contributed by atoms with Gasteiger partial charge in [0.05, 0.1) is 10.6 Å². The maximum Gasteiger partial charge on any atom is 0.270 e. The van der Waals surface area contributed by atoms with Crippen molar-refractivity contribution < 1.29 is 13.3 Å². The van der Waals surface area contributed by atoms with Gasteiger partial charge in [-0.2, -0.15) is 4.31 Å². The van der Waals surface area contributed by atoms with Crippen molar-refractivity contribution in [2.24, 2.45) is 0 Å². The second kappa shape index (κ2) is 7.03. The molecule has 148 valence electrons. The highest BCUT2D eigenvalue weighted by molar-refractivity contribution is 7.89. The first kappa shape index (κ1) is 18.6. The lowest BCUT2D eigenvalue weighted by Crippen LogP contribution is -2.32. The van der Waals surface area contributed by atoms with E-state index in [-0.39, 0.29) is 16.6 Å². The number of likely N-dealkylation sites (tertiary alicyclic amines) is 1. The molecule has 2 saturated heterocycles. The Balaban J connectivity index is 1.62. The number of hydrogen-bond acceptors (Lipinski definition) is 6. The van der Waals surface area contributed by atoms with Crippen LogP contribution in [0.15, 0.2) is 23.1 Å². The topological polar surface area (TPSA) is 95.8 Å². The molecule has 0 aromatic heterocycles. The Labute approximate surface area is 159 Å². The molecule has 9 heteroatoms. The molecule has 4 rings (SSSR count). The fourth-order valence-corrected chi connectivity index (χ4v) is 6.01. The minimum absolute atomic E-state index is 0.0242. The first-order chi connectivity index (χ1) is 12.9. The molecule has 1 aromatic rings.